The number of hydrogen-bond donors (Lipinski definition) is 3. The van der Waals surface area contributed by atoms with E-state index in [1.54, 1.807) is 20.8 Å². The number of benzene rings is 1. The first-order valence-electron chi connectivity index (χ1n) is 21.7. The van der Waals surface area contributed by atoms with E-state index in [0.29, 0.717) is 39.0 Å². The molecule has 1 saturated carbocycles. The summed E-state index contributed by atoms with van der Waals surface area (Å²) in [6.07, 6.45) is 3.76. The SMILES string of the molecule is CC(C)(C)OC(=O)N[C@H]1CCCCC/C=C/[C@@H]2C[C@@]2(C(=O)NS(=O)(=O)N2CCN(C(=O)OCC[Si](C)(C)C)CC2)NC(=O)[C@@H]2C[C@@H](OC(=O)N3Cc4ccccc4C3)CN2C1=O. The maximum absolute atomic E-state index is 14.5. The second-order valence-electron chi connectivity index (χ2n) is 19.2. The normalized spacial score (nSPS) is 26.7. The Morgan fingerprint density at radius 3 is 2.26 bits per heavy atom. The molecule has 1 aliphatic carbocycles. The minimum absolute atomic E-state index is 0.0693. The molecule has 6 rings (SSSR count). The predicted molar refractivity (Wildman–Crippen MR) is 230 cm³/mol. The van der Waals surface area contributed by atoms with Gasteiger partial charge in [-0.2, -0.15) is 12.7 Å². The molecule has 0 aromatic heterocycles. The fraction of sp³-hybridized carbons (Fsp3) is 0.667. The molecule has 1 aromatic rings. The highest BCUT2D eigenvalue weighted by Gasteiger charge is 2.62. The van der Waals surface area contributed by atoms with Crippen molar-refractivity contribution in [1.82, 2.24) is 34.4 Å². The van der Waals surface area contributed by atoms with Crippen molar-refractivity contribution < 1.29 is 51.4 Å². The topological polar surface area (TPSA) is 213 Å². The van der Waals surface area contributed by atoms with E-state index in [-0.39, 0.29) is 52.0 Å². The molecule has 4 heterocycles. The molecule has 18 nitrogen and oxygen atoms in total. The first-order chi connectivity index (χ1) is 29.1. The molecule has 5 atom stereocenters. The van der Waals surface area contributed by atoms with Gasteiger partial charge in [0.05, 0.1) is 13.2 Å². The Labute approximate surface area is 365 Å². The molecule has 4 aliphatic heterocycles. The van der Waals surface area contributed by atoms with Gasteiger partial charge in [-0.25, -0.2) is 19.1 Å². The number of amides is 6. The van der Waals surface area contributed by atoms with Crippen molar-refractivity contribution in [1.29, 1.82) is 0 Å². The Morgan fingerprint density at radius 1 is 0.935 bits per heavy atom. The van der Waals surface area contributed by atoms with Crippen LogP contribution in [0.15, 0.2) is 36.4 Å². The standard InChI is InChI=1S/C42H63N7O11SSi/c1-41(2,3)60-38(53)43-33-17-11-9-7-8-10-16-31-25-42(31,37(52)45-61(56,57)48-20-18-46(19-21-48)39(54)58-22-23-62(4,5)6)44-35(50)34-24-32(28-49(34)36(33)51)59-40(55)47-26-29-14-12-13-15-30(29)27-47/h10,12-16,31-34H,7-9,11,17-28H2,1-6H3,(H,43,53)(H,44,50)(H,45,52)/b16-10+/t31-,32-,33+,34+,42-/m1/s1. The minimum Gasteiger partial charge on any atom is -0.450 e. The quantitative estimate of drug-likeness (QED) is 0.194. The lowest BCUT2D eigenvalue weighted by molar-refractivity contribution is -0.141. The number of nitrogens with zero attached hydrogens (tertiary/aromatic N) is 4. The molecule has 2 saturated heterocycles. The lowest BCUT2D eigenvalue weighted by Gasteiger charge is -2.34. The van der Waals surface area contributed by atoms with Gasteiger partial charge in [0.15, 0.2) is 0 Å². The number of alkyl carbamates (subject to hydrolysis) is 1. The monoisotopic (exact) mass is 901 g/mol. The van der Waals surface area contributed by atoms with E-state index >= 15 is 0 Å². The number of allylic oxidation sites excluding steroid dienone is 1. The summed E-state index contributed by atoms with van der Waals surface area (Å²) < 4.78 is 47.5. The van der Waals surface area contributed by atoms with Crippen LogP contribution in [0, 0.1) is 5.92 Å². The van der Waals surface area contributed by atoms with Crippen LogP contribution in [-0.2, 0) is 51.9 Å². The Hall–Kier alpha value is -4.69. The van der Waals surface area contributed by atoms with Gasteiger partial charge in [-0.1, -0.05) is 68.9 Å². The van der Waals surface area contributed by atoms with Crippen LogP contribution in [0.3, 0.4) is 0 Å². The van der Waals surface area contributed by atoms with Crippen molar-refractivity contribution in [2.45, 2.75) is 134 Å². The van der Waals surface area contributed by atoms with E-state index in [1.165, 1.54) is 14.7 Å². The predicted octanol–water partition coefficient (Wildman–Crippen LogP) is 3.85. The van der Waals surface area contributed by atoms with E-state index in [9.17, 15) is 37.2 Å². The first kappa shape index (κ1) is 46.8. The molecule has 5 aliphatic rings. The second-order valence-corrected chi connectivity index (χ2v) is 26.4. The Kier molecular flexibility index (Phi) is 14.3. The number of rotatable bonds is 8. The summed E-state index contributed by atoms with van der Waals surface area (Å²) in [4.78, 5) is 86.6. The summed E-state index contributed by atoms with van der Waals surface area (Å²) >= 11 is 0. The molecule has 0 spiro atoms. The molecule has 20 heteroatoms. The Bertz CT molecular complexity index is 1990. The number of ether oxygens (including phenoxy) is 3. The fourth-order valence-electron chi connectivity index (χ4n) is 8.21. The van der Waals surface area contributed by atoms with Crippen LogP contribution in [0.25, 0.3) is 0 Å². The second kappa shape index (κ2) is 19.0. The van der Waals surface area contributed by atoms with Crippen molar-refractivity contribution in [3.63, 3.8) is 0 Å². The largest absolute Gasteiger partial charge is 0.450 e. The van der Waals surface area contributed by atoms with Gasteiger partial charge < -0.3 is 34.6 Å². The number of carbonyl (C=O) groups is 6. The average molecular weight is 902 g/mol. The molecule has 1 aromatic carbocycles. The van der Waals surface area contributed by atoms with E-state index < -0.39 is 89.5 Å². The molecule has 3 fully saturated rings. The first-order valence-corrected chi connectivity index (χ1v) is 26.8. The zero-order valence-corrected chi connectivity index (χ0v) is 38.6. The van der Waals surface area contributed by atoms with Gasteiger partial charge in [0.25, 0.3) is 5.91 Å². The van der Waals surface area contributed by atoms with Gasteiger partial charge in [0, 0.05) is 59.7 Å². The van der Waals surface area contributed by atoms with Crippen LogP contribution in [0.1, 0.15) is 76.8 Å². The third kappa shape index (κ3) is 11.9. The van der Waals surface area contributed by atoms with E-state index in [1.807, 2.05) is 36.4 Å². The number of fused-ring (bicyclic) bond motifs is 3. The molecule has 0 radical (unpaired) electrons. The molecule has 3 N–H and O–H groups in total. The third-order valence-corrected chi connectivity index (χ3v) is 15.0. The van der Waals surface area contributed by atoms with Crippen molar-refractivity contribution >= 4 is 54.3 Å². The maximum atomic E-state index is 14.5. The molecular weight excluding hydrogens is 839 g/mol. The lowest BCUT2D eigenvalue weighted by Crippen LogP contribution is -2.60. The van der Waals surface area contributed by atoms with E-state index in [0.717, 1.165) is 27.9 Å². The molecule has 342 valence electrons. The van der Waals surface area contributed by atoms with Crippen LogP contribution in [-0.4, -0.2) is 140 Å². The van der Waals surface area contributed by atoms with Gasteiger partial charge >= 0.3 is 28.5 Å². The average Bonchev–Trinajstić information content (AvgIpc) is 3.48. The maximum Gasteiger partial charge on any atom is 0.410 e. The van der Waals surface area contributed by atoms with Crippen molar-refractivity contribution in [3.8, 4) is 0 Å². The van der Waals surface area contributed by atoms with Gasteiger partial charge in [0.2, 0.25) is 11.8 Å². The molecular formula is C42H63N7O11SSi. The van der Waals surface area contributed by atoms with Crippen molar-refractivity contribution in [3.05, 3.63) is 47.5 Å². The smallest absolute Gasteiger partial charge is 0.410 e. The molecule has 0 unspecified atom stereocenters. The van der Waals surface area contributed by atoms with Crippen molar-refractivity contribution in [2.75, 3.05) is 39.3 Å². The van der Waals surface area contributed by atoms with Crippen LogP contribution in [0.4, 0.5) is 14.4 Å². The summed E-state index contributed by atoms with van der Waals surface area (Å²) in [6.45, 7) is 12.4. The minimum atomic E-state index is -4.41. The summed E-state index contributed by atoms with van der Waals surface area (Å²) in [6, 6.07) is 6.13. The van der Waals surface area contributed by atoms with Gasteiger partial charge in [0.1, 0.15) is 29.3 Å². The highest BCUT2D eigenvalue weighted by Crippen LogP contribution is 2.46. The van der Waals surface area contributed by atoms with Crippen LogP contribution in [0.5, 0.6) is 0 Å². The molecule has 0 bridgehead atoms. The zero-order chi connectivity index (χ0) is 45.0. The number of hydrogen-bond acceptors (Lipinski definition) is 11. The highest BCUT2D eigenvalue weighted by atomic mass is 32.2. The number of piperazine rings is 1. The summed E-state index contributed by atoms with van der Waals surface area (Å²) in [5, 5.41) is 5.53. The number of nitrogens with one attached hydrogen (secondary N) is 3. The Morgan fingerprint density at radius 2 is 1.61 bits per heavy atom. The van der Waals surface area contributed by atoms with Gasteiger partial charge in [-0.15, -0.1) is 0 Å². The number of carbonyl (C=O) groups excluding carboxylic acids is 6. The van der Waals surface area contributed by atoms with Crippen LogP contribution >= 0.6 is 0 Å². The molecule has 6 amide bonds. The zero-order valence-electron chi connectivity index (χ0n) is 36.8. The van der Waals surface area contributed by atoms with Gasteiger partial charge in [-0.3, -0.25) is 19.3 Å². The highest BCUT2D eigenvalue weighted by molar-refractivity contribution is 7.87. The fourth-order valence-corrected chi connectivity index (χ4v) is 10.1. The van der Waals surface area contributed by atoms with Crippen LogP contribution < -0.4 is 15.4 Å². The van der Waals surface area contributed by atoms with E-state index in [4.69, 9.17) is 14.2 Å². The van der Waals surface area contributed by atoms with Crippen molar-refractivity contribution in [2.24, 2.45) is 5.92 Å². The van der Waals surface area contributed by atoms with Crippen LogP contribution in [0.2, 0.25) is 25.7 Å². The lowest BCUT2D eigenvalue weighted by atomic mass is 10.0. The summed E-state index contributed by atoms with van der Waals surface area (Å²) in [5.41, 5.74) is -0.532. The third-order valence-electron chi connectivity index (χ3n) is 11.8. The summed E-state index contributed by atoms with van der Waals surface area (Å²) in [7, 11) is -5.84. The van der Waals surface area contributed by atoms with Gasteiger partial charge in [-0.05, 0) is 63.6 Å². The van der Waals surface area contributed by atoms with E-state index in [2.05, 4.69) is 35.0 Å². The Balaban J connectivity index is 1.18. The molecule has 62 heavy (non-hydrogen) atoms. The summed E-state index contributed by atoms with van der Waals surface area (Å²) in [5.74, 6) is -2.80.